The van der Waals surface area contributed by atoms with Crippen LogP contribution in [0.2, 0.25) is 0 Å². The molecule has 0 aliphatic carbocycles. The van der Waals surface area contributed by atoms with Crippen LogP contribution in [0.5, 0.6) is 0 Å². The highest BCUT2D eigenvalue weighted by molar-refractivity contribution is 8.04. The van der Waals surface area contributed by atoms with Gasteiger partial charge in [-0.3, -0.25) is 14.4 Å². The second-order valence-corrected chi connectivity index (χ2v) is 10.5. The summed E-state index contributed by atoms with van der Waals surface area (Å²) in [4.78, 5) is 43.9. The Morgan fingerprint density at radius 1 is 1.11 bits per heavy atom. The van der Waals surface area contributed by atoms with Gasteiger partial charge < -0.3 is 25.3 Å². The molecule has 3 fully saturated rings. The van der Waals surface area contributed by atoms with Crippen molar-refractivity contribution in [3.05, 3.63) is 34.9 Å². The van der Waals surface area contributed by atoms with E-state index in [0.29, 0.717) is 43.3 Å². The molecule has 36 heavy (non-hydrogen) atoms. The smallest absolute Gasteiger partial charge is 0.267 e. The lowest BCUT2D eigenvalue weighted by Gasteiger charge is -2.19. The van der Waals surface area contributed by atoms with Crippen LogP contribution in [-0.2, 0) is 14.4 Å². The van der Waals surface area contributed by atoms with Crippen LogP contribution >= 0.6 is 11.8 Å². The third kappa shape index (κ3) is 6.20. The van der Waals surface area contributed by atoms with Crippen LogP contribution in [0.3, 0.4) is 0 Å². The highest BCUT2D eigenvalue weighted by Gasteiger charge is 2.39. The Morgan fingerprint density at radius 2 is 1.81 bits per heavy atom. The molecular formula is C26H34N6O3S. The molecule has 3 aliphatic heterocycles. The van der Waals surface area contributed by atoms with Gasteiger partial charge in [0.1, 0.15) is 21.9 Å². The van der Waals surface area contributed by atoms with Crippen LogP contribution in [0.15, 0.2) is 34.9 Å². The molecule has 3 amide bonds. The monoisotopic (exact) mass is 510 g/mol. The summed E-state index contributed by atoms with van der Waals surface area (Å²) < 4.78 is 0. The third-order valence-corrected chi connectivity index (χ3v) is 8.08. The van der Waals surface area contributed by atoms with E-state index < -0.39 is 5.25 Å². The van der Waals surface area contributed by atoms with Crippen LogP contribution < -0.4 is 10.6 Å². The van der Waals surface area contributed by atoms with E-state index in [9.17, 15) is 19.6 Å². The van der Waals surface area contributed by atoms with Crippen LogP contribution in [0.25, 0.3) is 0 Å². The van der Waals surface area contributed by atoms with Gasteiger partial charge in [-0.1, -0.05) is 17.8 Å². The maximum absolute atomic E-state index is 13.1. The zero-order chi connectivity index (χ0) is 25.5. The van der Waals surface area contributed by atoms with Gasteiger partial charge in [0.25, 0.3) is 5.91 Å². The Hall–Kier alpha value is -3.03. The molecule has 3 aliphatic rings. The van der Waals surface area contributed by atoms with Crippen LogP contribution in [0.1, 0.15) is 39.0 Å². The van der Waals surface area contributed by atoms with E-state index in [0.717, 1.165) is 38.2 Å². The topological polar surface area (TPSA) is 109 Å². The number of nitrogens with zero attached hydrogens (tertiary/aromatic N) is 4. The van der Waals surface area contributed by atoms with Crippen molar-refractivity contribution in [2.24, 2.45) is 0 Å². The molecule has 9 nitrogen and oxygen atoms in total. The van der Waals surface area contributed by atoms with E-state index in [1.165, 1.54) is 24.6 Å². The van der Waals surface area contributed by atoms with Crippen LogP contribution in [0, 0.1) is 11.3 Å². The molecule has 4 rings (SSSR count). The lowest BCUT2D eigenvalue weighted by molar-refractivity contribution is -0.127. The molecule has 3 saturated heterocycles. The average molecular weight is 511 g/mol. The SMILES string of the molecule is CCN1C(=O)C(CNc2cccc(NC(=O)CCN3CCCC3)c2)S/C1=C(/C#N)C(=O)N1CCCC1. The molecule has 1 aromatic rings. The normalized spacial score (nSPS) is 21.6. The summed E-state index contributed by atoms with van der Waals surface area (Å²) in [5.41, 5.74) is 1.55. The van der Waals surface area contributed by atoms with Gasteiger partial charge in [-0.15, -0.1) is 0 Å². The first-order chi connectivity index (χ1) is 17.5. The first kappa shape index (κ1) is 26.0. The minimum atomic E-state index is -0.451. The Balaban J connectivity index is 1.36. The highest BCUT2D eigenvalue weighted by atomic mass is 32.2. The lowest BCUT2D eigenvalue weighted by atomic mass is 10.2. The molecule has 0 aromatic heterocycles. The number of hydrogen-bond donors (Lipinski definition) is 2. The van der Waals surface area contributed by atoms with Gasteiger partial charge in [0.2, 0.25) is 11.8 Å². The Kier molecular flexibility index (Phi) is 8.88. The van der Waals surface area contributed by atoms with E-state index >= 15 is 0 Å². The number of hydrogen-bond acceptors (Lipinski definition) is 7. The molecule has 1 atom stereocenters. The predicted octanol–water partition coefficient (Wildman–Crippen LogP) is 2.84. The molecule has 1 aromatic carbocycles. The second kappa shape index (κ2) is 12.3. The summed E-state index contributed by atoms with van der Waals surface area (Å²) in [6.45, 7) is 6.80. The number of amides is 3. The van der Waals surface area contributed by atoms with Crippen molar-refractivity contribution >= 4 is 40.9 Å². The number of carbonyl (C=O) groups is 3. The molecule has 0 saturated carbocycles. The third-order valence-electron chi connectivity index (χ3n) is 6.78. The van der Waals surface area contributed by atoms with Gasteiger partial charge >= 0.3 is 0 Å². The van der Waals surface area contributed by atoms with E-state index in [1.807, 2.05) is 31.2 Å². The zero-order valence-corrected chi connectivity index (χ0v) is 21.6. The number of nitrogens with one attached hydrogen (secondary N) is 2. The van der Waals surface area contributed by atoms with Crippen molar-refractivity contribution in [2.75, 3.05) is 56.4 Å². The van der Waals surface area contributed by atoms with Gasteiger partial charge in [-0.25, -0.2) is 0 Å². The fourth-order valence-electron chi connectivity index (χ4n) is 4.82. The van der Waals surface area contributed by atoms with Gasteiger partial charge in [0.05, 0.1) is 0 Å². The van der Waals surface area contributed by atoms with Crippen LogP contribution in [0.4, 0.5) is 11.4 Å². The van der Waals surface area contributed by atoms with Crippen molar-refractivity contribution in [3.63, 3.8) is 0 Å². The molecular weight excluding hydrogens is 476 g/mol. The number of likely N-dealkylation sites (tertiary alicyclic amines) is 2. The molecule has 192 valence electrons. The first-order valence-electron chi connectivity index (χ1n) is 12.8. The first-order valence-corrected chi connectivity index (χ1v) is 13.7. The van der Waals surface area contributed by atoms with Crippen molar-refractivity contribution in [1.82, 2.24) is 14.7 Å². The fourth-order valence-corrected chi connectivity index (χ4v) is 6.08. The number of carbonyl (C=O) groups excluding carboxylic acids is 3. The summed E-state index contributed by atoms with van der Waals surface area (Å²) in [6.07, 6.45) is 4.75. The Morgan fingerprint density at radius 3 is 2.50 bits per heavy atom. The fraction of sp³-hybridized carbons (Fsp3) is 0.538. The molecule has 0 bridgehead atoms. The molecule has 1 unspecified atom stereocenters. The van der Waals surface area contributed by atoms with Gasteiger partial charge in [0.15, 0.2) is 0 Å². The van der Waals surface area contributed by atoms with Crippen LogP contribution in [-0.4, -0.2) is 83.5 Å². The standard InChI is InChI=1S/C26H34N6O3S/c1-2-32-25(35)22(36-26(32)21(17-27)24(34)31-13-5-6-14-31)18-28-19-8-7-9-20(16-19)29-23(33)10-15-30-11-3-4-12-30/h7-9,16,22,28H,2-6,10-15,18H2,1H3,(H,29,33)/b26-21-. The van der Waals surface area contributed by atoms with Crippen molar-refractivity contribution < 1.29 is 14.4 Å². The van der Waals surface area contributed by atoms with Crippen molar-refractivity contribution in [2.45, 2.75) is 44.3 Å². The van der Waals surface area contributed by atoms with Crippen molar-refractivity contribution in [1.29, 1.82) is 5.26 Å². The number of thioether (sulfide) groups is 1. The molecule has 0 radical (unpaired) electrons. The van der Waals surface area contributed by atoms with Gasteiger partial charge in [-0.2, -0.15) is 5.26 Å². The van der Waals surface area contributed by atoms with E-state index in [1.54, 1.807) is 9.80 Å². The number of nitriles is 1. The highest BCUT2D eigenvalue weighted by Crippen LogP contribution is 2.38. The molecule has 2 N–H and O–H groups in total. The molecule has 3 heterocycles. The summed E-state index contributed by atoms with van der Waals surface area (Å²) in [7, 11) is 0. The van der Waals surface area contributed by atoms with E-state index in [-0.39, 0.29) is 23.3 Å². The van der Waals surface area contributed by atoms with Gasteiger partial charge in [-0.05, 0) is 63.9 Å². The molecule has 0 spiro atoms. The summed E-state index contributed by atoms with van der Waals surface area (Å²) in [5.74, 6) is -0.412. The quantitative estimate of drug-likeness (QED) is 0.388. The Bertz CT molecular complexity index is 1060. The molecule has 10 heteroatoms. The number of anilines is 2. The maximum Gasteiger partial charge on any atom is 0.267 e. The number of rotatable bonds is 9. The minimum Gasteiger partial charge on any atom is -0.383 e. The lowest BCUT2D eigenvalue weighted by Crippen LogP contribution is -2.34. The summed E-state index contributed by atoms with van der Waals surface area (Å²) >= 11 is 1.27. The number of benzene rings is 1. The average Bonchev–Trinajstić information content (AvgIpc) is 3.65. The summed E-state index contributed by atoms with van der Waals surface area (Å²) in [5, 5.41) is 16.0. The minimum absolute atomic E-state index is 0.0133. The summed E-state index contributed by atoms with van der Waals surface area (Å²) in [6, 6.07) is 9.50. The Labute approximate surface area is 216 Å². The predicted molar refractivity (Wildman–Crippen MR) is 141 cm³/mol. The zero-order valence-electron chi connectivity index (χ0n) is 20.8. The van der Waals surface area contributed by atoms with E-state index in [4.69, 9.17) is 0 Å². The van der Waals surface area contributed by atoms with Gasteiger partial charge in [0, 0.05) is 50.5 Å². The largest absolute Gasteiger partial charge is 0.383 e. The van der Waals surface area contributed by atoms with Crippen molar-refractivity contribution in [3.8, 4) is 6.07 Å². The van der Waals surface area contributed by atoms with E-state index in [2.05, 4.69) is 21.6 Å². The maximum atomic E-state index is 13.1. The second-order valence-electron chi connectivity index (χ2n) is 9.29.